The van der Waals surface area contributed by atoms with E-state index in [-0.39, 0.29) is 56.3 Å². The standard InChI is InChI=1S/C30H28Cl2F2N4O4S4/c31-19-15-17(9-11-21(19)33)35-23(39)7-3-1-5-13-37-27(41)25(45-29(37)43)26-28(42)38(30(44)46-26)14-6-2-4-8-24(40)36-18-10-12-22(34)20(32)16-18/h9-12,15-16H,1-8,13-14H2,(H,35,39)(H,36,40). The van der Waals surface area contributed by atoms with Crippen LogP contribution in [-0.2, 0) is 19.2 Å². The van der Waals surface area contributed by atoms with Crippen LogP contribution in [0.15, 0.2) is 46.2 Å². The molecule has 2 fully saturated rings. The zero-order valence-corrected chi connectivity index (χ0v) is 29.0. The van der Waals surface area contributed by atoms with Gasteiger partial charge in [0.1, 0.15) is 20.3 Å². The minimum atomic E-state index is -0.564. The van der Waals surface area contributed by atoms with Crippen LogP contribution in [0.3, 0.4) is 0 Å². The van der Waals surface area contributed by atoms with E-state index >= 15 is 0 Å². The van der Waals surface area contributed by atoms with Gasteiger partial charge in [-0.3, -0.25) is 29.0 Å². The van der Waals surface area contributed by atoms with Crippen molar-refractivity contribution in [2.45, 2.75) is 51.4 Å². The fourth-order valence-corrected chi connectivity index (χ4v) is 7.65. The summed E-state index contributed by atoms with van der Waals surface area (Å²) >= 11 is 24.5. The molecule has 0 spiro atoms. The number of hydrogen-bond donors (Lipinski definition) is 2. The first-order valence-electron chi connectivity index (χ1n) is 14.3. The number of halogens is 4. The maximum Gasteiger partial charge on any atom is 0.267 e. The molecule has 2 aromatic carbocycles. The minimum absolute atomic E-state index is 0.0745. The molecule has 4 rings (SSSR count). The second kappa shape index (κ2) is 17.0. The summed E-state index contributed by atoms with van der Waals surface area (Å²) in [7, 11) is 0. The highest BCUT2D eigenvalue weighted by atomic mass is 35.5. The molecule has 16 heteroatoms. The normalized spacial score (nSPS) is 16.5. The van der Waals surface area contributed by atoms with Crippen molar-refractivity contribution in [3.63, 3.8) is 0 Å². The Labute approximate surface area is 294 Å². The van der Waals surface area contributed by atoms with E-state index in [4.69, 9.17) is 47.6 Å². The molecule has 46 heavy (non-hydrogen) atoms. The molecule has 0 unspecified atom stereocenters. The number of thiocarbonyl (C=S) groups is 2. The number of amides is 4. The third-order valence-corrected chi connectivity index (χ3v) is 10.5. The molecule has 0 aromatic heterocycles. The van der Waals surface area contributed by atoms with E-state index in [1.807, 2.05) is 0 Å². The summed E-state index contributed by atoms with van der Waals surface area (Å²) in [4.78, 5) is 54.2. The SMILES string of the molecule is O=C(CCCCCN1C(=O)C(=C2SC(=S)N(CCCCCC(=O)Nc3ccc(F)c(Cl)c3)C2=O)SC1=S)Nc1ccc(F)c(Cl)c1. The molecule has 2 aliphatic heterocycles. The lowest BCUT2D eigenvalue weighted by Gasteiger charge is -2.14. The molecule has 8 nitrogen and oxygen atoms in total. The van der Waals surface area contributed by atoms with Gasteiger partial charge in [-0.15, -0.1) is 0 Å². The first kappa shape index (κ1) is 36.2. The molecule has 2 N–H and O–H groups in total. The average molecular weight is 746 g/mol. The predicted octanol–water partition coefficient (Wildman–Crippen LogP) is 7.90. The maximum atomic E-state index is 13.3. The number of benzene rings is 2. The van der Waals surface area contributed by atoms with Gasteiger partial charge in [-0.2, -0.15) is 0 Å². The van der Waals surface area contributed by atoms with Crippen LogP contribution in [-0.4, -0.2) is 55.2 Å². The fourth-order valence-electron chi connectivity index (χ4n) is 4.51. The average Bonchev–Trinajstić information content (AvgIpc) is 3.44. The molecule has 2 heterocycles. The Bertz CT molecular complexity index is 1490. The van der Waals surface area contributed by atoms with Crippen molar-refractivity contribution in [3.8, 4) is 0 Å². The highest BCUT2D eigenvalue weighted by Crippen LogP contribution is 2.42. The Kier molecular flexibility index (Phi) is 13.4. The van der Waals surface area contributed by atoms with Crippen molar-refractivity contribution in [3.05, 3.63) is 67.9 Å². The van der Waals surface area contributed by atoms with Crippen molar-refractivity contribution in [1.29, 1.82) is 0 Å². The number of unbranched alkanes of at least 4 members (excludes halogenated alkanes) is 4. The smallest absolute Gasteiger partial charge is 0.267 e. The van der Waals surface area contributed by atoms with Gasteiger partial charge in [0.05, 0.1) is 19.9 Å². The number of carbonyl (C=O) groups excluding carboxylic acids is 4. The number of nitrogens with one attached hydrogen (secondary N) is 2. The number of nitrogens with zero attached hydrogens (tertiary/aromatic N) is 2. The topological polar surface area (TPSA) is 98.8 Å². The molecule has 2 saturated heterocycles. The third kappa shape index (κ3) is 9.71. The van der Waals surface area contributed by atoms with Crippen LogP contribution in [0, 0.1) is 11.6 Å². The highest BCUT2D eigenvalue weighted by Gasteiger charge is 2.41. The second-order valence-electron chi connectivity index (χ2n) is 10.3. The molecule has 0 saturated carbocycles. The Hall–Kier alpha value is -2.62. The Morgan fingerprint density at radius 2 is 1.07 bits per heavy atom. The molecule has 0 bridgehead atoms. The molecule has 2 aliphatic rings. The van der Waals surface area contributed by atoms with Gasteiger partial charge in [0.2, 0.25) is 11.8 Å². The third-order valence-electron chi connectivity index (χ3n) is 6.88. The van der Waals surface area contributed by atoms with Crippen molar-refractivity contribution >= 4 is 115 Å². The fraction of sp³-hybridized carbons (Fsp3) is 0.333. The van der Waals surface area contributed by atoms with Crippen LogP contribution < -0.4 is 10.6 Å². The Morgan fingerprint density at radius 3 is 1.43 bits per heavy atom. The van der Waals surface area contributed by atoms with E-state index in [1.54, 1.807) is 0 Å². The molecule has 2 aromatic rings. The summed E-state index contributed by atoms with van der Waals surface area (Å²) in [5, 5.41) is 5.20. The van der Waals surface area contributed by atoms with E-state index in [9.17, 15) is 28.0 Å². The lowest BCUT2D eigenvalue weighted by molar-refractivity contribution is -0.124. The Morgan fingerprint density at radius 1 is 0.674 bits per heavy atom. The summed E-state index contributed by atoms with van der Waals surface area (Å²) < 4.78 is 27.3. The van der Waals surface area contributed by atoms with Gasteiger partial charge in [-0.1, -0.05) is 84.0 Å². The summed E-state index contributed by atoms with van der Waals surface area (Å²) in [5.41, 5.74) is 0.824. The van der Waals surface area contributed by atoms with E-state index in [0.29, 0.717) is 71.6 Å². The number of rotatable bonds is 14. The number of hydrogen-bond acceptors (Lipinski definition) is 8. The largest absolute Gasteiger partial charge is 0.326 e. The summed E-state index contributed by atoms with van der Waals surface area (Å²) in [6.45, 7) is 0.705. The van der Waals surface area contributed by atoms with Gasteiger partial charge in [0.15, 0.2) is 0 Å². The van der Waals surface area contributed by atoms with Crippen LogP contribution in [0.2, 0.25) is 10.0 Å². The van der Waals surface area contributed by atoms with E-state index < -0.39 is 11.6 Å². The van der Waals surface area contributed by atoms with E-state index in [2.05, 4.69) is 10.6 Å². The van der Waals surface area contributed by atoms with Crippen LogP contribution in [0.1, 0.15) is 51.4 Å². The van der Waals surface area contributed by atoms with E-state index in [0.717, 1.165) is 23.5 Å². The molecule has 0 radical (unpaired) electrons. The Balaban J connectivity index is 1.17. The van der Waals surface area contributed by atoms with Gasteiger partial charge in [-0.05, 0) is 62.1 Å². The highest BCUT2D eigenvalue weighted by molar-refractivity contribution is 8.29. The molecule has 0 atom stereocenters. The minimum Gasteiger partial charge on any atom is -0.326 e. The second-order valence-corrected chi connectivity index (χ2v) is 14.4. The first-order chi connectivity index (χ1) is 21.9. The summed E-state index contributed by atoms with van der Waals surface area (Å²) in [6.07, 6.45) is 4.16. The summed E-state index contributed by atoms with van der Waals surface area (Å²) in [5.74, 6) is -2.26. The lowest BCUT2D eigenvalue weighted by Crippen LogP contribution is -2.31. The van der Waals surface area contributed by atoms with Gasteiger partial charge in [0.25, 0.3) is 11.8 Å². The zero-order chi connectivity index (χ0) is 33.4. The van der Waals surface area contributed by atoms with Crippen LogP contribution in [0.25, 0.3) is 0 Å². The zero-order valence-electron chi connectivity index (χ0n) is 24.2. The van der Waals surface area contributed by atoms with Crippen LogP contribution in [0.4, 0.5) is 20.2 Å². The van der Waals surface area contributed by atoms with Crippen molar-refractivity contribution in [2.75, 3.05) is 23.7 Å². The molecular formula is C30H28Cl2F2N4O4S4. The maximum absolute atomic E-state index is 13.3. The lowest BCUT2D eigenvalue weighted by atomic mass is 10.1. The molecule has 4 amide bonds. The van der Waals surface area contributed by atoms with Crippen molar-refractivity contribution < 1.29 is 28.0 Å². The monoisotopic (exact) mass is 744 g/mol. The van der Waals surface area contributed by atoms with Crippen LogP contribution in [0.5, 0.6) is 0 Å². The van der Waals surface area contributed by atoms with Gasteiger partial charge in [-0.25, -0.2) is 8.78 Å². The molecule has 244 valence electrons. The van der Waals surface area contributed by atoms with E-state index in [1.165, 1.54) is 46.2 Å². The number of thioether (sulfide) groups is 2. The van der Waals surface area contributed by atoms with Crippen LogP contribution >= 0.6 is 71.2 Å². The quantitative estimate of drug-likeness (QED) is 0.115. The molecular weight excluding hydrogens is 718 g/mol. The predicted molar refractivity (Wildman–Crippen MR) is 188 cm³/mol. The first-order valence-corrected chi connectivity index (χ1v) is 17.5. The van der Waals surface area contributed by atoms with Crippen molar-refractivity contribution in [2.24, 2.45) is 0 Å². The number of anilines is 2. The van der Waals surface area contributed by atoms with Crippen molar-refractivity contribution in [1.82, 2.24) is 9.80 Å². The number of carbonyl (C=O) groups is 4. The van der Waals surface area contributed by atoms with Gasteiger partial charge >= 0.3 is 0 Å². The van der Waals surface area contributed by atoms with Gasteiger partial charge < -0.3 is 10.6 Å². The summed E-state index contributed by atoms with van der Waals surface area (Å²) in [6, 6.07) is 7.92. The molecule has 0 aliphatic carbocycles. The van der Waals surface area contributed by atoms with Gasteiger partial charge in [0, 0.05) is 37.3 Å².